The van der Waals surface area contributed by atoms with Gasteiger partial charge in [-0.05, 0) is 19.9 Å². The number of hydrogen-bond donors (Lipinski definition) is 1. The van der Waals surface area contributed by atoms with Crippen molar-refractivity contribution in [3.63, 3.8) is 0 Å². The lowest BCUT2D eigenvalue weighted by Crippen LogP contribution is -2.29. The zero-order valence-corrected chi connectivity index (χ0v) is 10.7. The van der Waals surface area contributed by atoms with Crippen molar-refractivity contribution < 1.29 is 9.26 Å². The molecule has 5 heteroatoms. The molecule has 1 aromatic rings. The molecule has 96 valence electrons. The van der Waals surface area contributed by atoms with Crippen LogP contribution in [0.2, 0.25) is 0 Å². The number of nitrogens with zero attached hydrogens (tertiary/aromatic N) is 2. The Labute approximate surface area is 102 Å². The van der Waals surface area contributed by atoms with Gasteiger partial charge in [-0.1, -0.05) is 30.8 Å². The van der Waals surface area contributed by atoms with Gasteiger partial charge in [-0.15, -0.1) is 0 Å². The first kappa shape index (κ1) is 12.5. The summed E-state index contributed by atoms with van der Waals surface area (Å²) in [6.07, 6.45) is 6.86. The number of ether oxygens (including phenoxy) is 1. The molecule has 1 aliphatic carbocycles. The Morgan fingerprint density at radius 1 is 1.29 bits per heavy atom. The molecule has 1 aromatic heterocycles. The molecule has 1 heterocycles. The minimum atomic E-state index is -0.327. The van der Waals surface area contributed by atoms with Gasteiger partial charge in [0.15, 0.2) is 0 Å². The van der Waals surface area contributed by atoms with Crippen molar-refractivity contribution in [3.05, 3.63) is 11.7 Å². The number of nitrogens with one attached hydrogen (secondary N) is 1. The fourth-order valence-corrected chi connectivity index (χ4v) is 2.48. The lowest BCUT2D eigenvalue weighted by molar-refractivity contribution is -0.0365. The van der Waals surface area contributed by atoms with Crippen LogP contribution in [0.1, 0.15) is 50.2 Å². The summed E-state index contributed by atoms with van der Waals surface area (Å²) in [6, 6.07) is 0. The molecule has 0 spiro atoms. The minimum Gasteiger partial charge on any atom is -0.370 e. The van der Waals surface area contributed by atoms with Crippen LogP contribution in [-0.2, 0) is 16.9 Å². The van der Waals surface area contributed by atoms with Gasteiger partial charge in [-0.3, -0.25) is 0 Å². The summed E-state index contributed by atoms with van der Waals surface area (Å²) in [5, 5.41) is 7.10. The smallest absolute Gasteiger partial charge is 0.240 e. The van der Waals surface area contributed by atoms with Gasteiger partial charge in [-0.2, -0.15) is 4.98 Å². The SMILES string of the molecule is CNCc1nc(C2(OC)CCCCCC2)no1. The molecule has 1 N–H and O–H groups in total. The highest BCUT2D eigenvalue weighted by atomic mass is 16.5. The second kappa shape index (κ2) is 5.60. The number of aromatic nitrogens is 2. The number of methoxy groups -OCH3 is 1. The summed E-state index contributed by atoms with van der Waals surface area (Å²) < 4.78 is 11.0. The van der Waals surface area contributed by atoms with Gasteiger partial charge in [0.05, 0.1) is 6.54 Å². The zero-order valence-electron chi connectivity index (χ0n) is 10.7. The van der Waals surface area contributed by atoms with E-state index < -0.39 is 0 Å². The average molecular weight is 239 g/mol. The van der Waals surface area contributed by atoms with Gasteiger partial charge in [0.1, 0.15) is 5.60 Å². The van der Waals surface area contributed by atoms with Gasteiger partial charge >= 0.3 is 0 Å². The Morgan fingerprint density at radius 3 is 2.59 bits per heavy atom. The van der Waals surface area contributed by atoms with Crippen molar-refractivity contribution in [2.45, 2.75) is 50.7 Å². The Hall–Kier alpha value is -0.940. The summed E-state index contributed by atoms with van der Waals surface area (Å²) in [5.41, 5.74) is -0.327. The number of rotatable bonds is 4. The van der Waals surface area contributed by atoms with Gasteiger partial charge in [0.25, 0.3) is 0 Å². The van der Waals surface area contributed by atoms with Crippen molar-refractivity contribution in [1.29, 1.82) is 0 Å². The standard InChI is InChI=1S/C12H21N3O2/c1-13-9-10-14-11(15-17-10)12(16-2)7-5-3-4-6-8-12/h13H,3-9H2,1-2H3. The molecule has 1 fully saturated rings. The second-order valence-electron chi connectivity index (χ2n) is 4.65. The fourth-order valence-electron chi connectivity index (χ4n) is 2.48. The van der Waals surface area contributed by atoms with E-state index in [0.717, 1.165) is 12.8 Å². The van der Waals surface area contributed by atoms with Crippen molar-refractivity contribution >= 4 is 0 Å². The van der Waals surface area contributed by atoms with E-state index in [4.69, 9.17) is 9.26 Å². The highest BCUT2D eigenvalue weighted by Gasteiger charge is 2.37. The van der Waals surface area contributed by atoms with Crippen LogP contribution in [0.5, 0.6) is 0 Å². The molecular weight excluding hydrogens is 218 g/mol. The molecule has 0 radical (unpaired) electrons. The first-order chi connectivity index (χ1) is 8.30. The topological polar surface area (TPSA) is 60.2 Å². The highest BCUT2D eigenvalue weighted by Crippen LogP contribution is 2.37. The predicted octanol–water partition coefficient (Wildman–Crippen LogP) is 1.98. The summed E-state index contributed by atoms with van der Waals surface area (Å²) in [4.78, 5) is 4.44. The van der Waals surface area contributed by atoms with E-state index in [2.05, 4.69) is 15.5 Å². The molecule has 2 rings (SSSR count). The zero-order chi connectivity index (χ0) is 12.1. The van der Waals surface area contributed by atoms with E-state index in [1.807, 2.05) is 7.05 Å². The lowest BCUT2D eigenvalue weighted by Gasteiger charge is -2.27. The van der Waals surface area contributed by atoms with E-state index in [-0.39, 0.29) is 5.60 Å². The molecule has 0 atom stereocenters. The molecule has 1 aliphatic rings. The van der Waals surface area contributed by atoms with Crippen LogP contribution in [0.3, 0.4) is 0 Å². The van der Waals surface area contributed by atoms with E-state index in [9.17, 15) is 0 Å². The Balaban J connectivity index is 2.19. The normalized spacial score (nSPS) is 20.1. The third-order valence-electron chi connectivity index (χ3n) is 3.51. The molecule has 0 aromatic carbocycles. The largest absolute Gasteiger partial charge is 0.370 e. The van der Waals surface area contributed by atoms with Gasteiger partial charge < -0.3 is 14.6 Å². The third-order valence-corrected chi connectivity index (χ3v) is 3.51. The van der Waals surface area contributed by atoms with Crippen molar-refractivity contribution in [2.75, 3.05) is 14.2 Å². The molecule has 17 heavy (non-hydrogen) atoms. The molecule has 0 saturated heterocycles. The van der Waals surface area contributed by atoms with E-state index in [1.165, 1.54) is 25.7 Å². The summed E-state index contributed by atoms with van der Waals surface area (Å²) in [7, 11) is 3.61. The molecule has 0 amide bonds. The molecule has 0 unspecified atom stereocenters. The van der Waals surface area contributed by atoms with Crippen molar-refractivity contribution in [3.8, 4) is 0 Å². The van der Waals surface area contributed by atoms with Crippen LogP contribution < -0.4 is 5.32 Å². The van der Waals surface area contributed by atoms with Crippen LogP contribution in [0.25, 0.3) is 0 Å². The maximum absolute atomic E-state index is 5.73. The first-order valence-electron chi connectivity index (χ1n) is 6.33. The van der Waals surface area contributed by atoms with Gasteiger partial charge in [0, 0.05) is 7.11 Å². The Bertz CT molecular complexity index is 343. The summed E-state index contributed by atoms with van der Waals surface area (Å²) >= 11 is 0. The molecule has 0 aliphatic heterocycles. The van der Waals surface area contributed by atoms with Crippen molar-refractivity contribution in [2.24, 2.45) is 0 Å². The summed E-state index contributed by atoms with van der Waals surface area (Å²) in [5.74, 6) is 1.34. The van der Waals surface area contributed by atoms with Crippen LogP contribution >= 0.6 is 0 Å². The third kappa shape index (κ3) is 2.66. The van der Waals surface area contributed by atoms with Gasteiger partial charge in [-0.25, -0.2) is 0 Å². The van der Waals surface area contributed by atoms with Crippen LogP contribution in [0.4, 0.5) is 0 Å². The van der Waals surface area contributed by atoms with E-state index in [1.54, 1.807) is 7.11 Å². The second-order valence-corrected chi connectivity index (χ2v) is 4.65. The predicted molar refractivity (Wildman–Crippen MR) is 63.5 cm³/mol. The Kier molecular flexibility index (Phi) is 4.12. The van der Waals surface area contributed by atoms with Crippen molar-refractivity contribution in [1.82, 2.24) is 15.5 Å². The van der Waals surface area contributed by atoms with Crippen LogP contribution in [-0.4, -0.2) is 24.3 Å². The lowest BCUT2D eigenvalue weighted by atomic mass is 9.93. The molecule has 0 bridgehead atoms. The minimum absolute atomic E-state index is 0.327. The average Bonchev–Trinajstić information content (AvgIpc) is 2.68. The van der Waals surface area contributed by atoms with E-state index in [0.29, 0.717) is 18.3 Å². The maximum Gasteiger partial charge on any atom is 0.240 e. The fraction of sp³-hybridized carbons (Fsp3) is 0.833. The quantitative estimate of drug-likeness (QED) is 0.814. The molecule has 5 nitrogen and oxygen atoms in total. The maximum atomic E-state index is 5.73. The van der Waals surface area contributed by atoms with Crippen LogP contribution in [0.15, 0.2) is 4.52 Å². The molecule has 1 saturated carbocycles. The first-order valence-corrected chi connectivity index (χ1v) is 6.33. The van der Waals surface area contributed by atoms with E-state index >= 15 is 0 Å². The van der Waals surface area contributed by atoms with Crippen LogP contribution in [0, 0.1) is 0 Å². The number of hydrogen-bond acceptors (Lipinski definition) is 5. The van der Waals surface area contributed by atoms with Gasteiger partial charge in [0.2, 0.25) is 11.7 Å². The summed E-state index contributed by atoms with van der Waals surface area (Å²) in [6.45, 7) is 0.604. The highest BCUT2D eigenvalue weighted by molar-refractivity contribution is 5.02. The monoisotopic (exact) mass is 239 g/mol. The Morgan fingerprint density at radius 2 is 2.00 bits per heavy atom. The molecular formula is C12H21N3O2.